The molecular formula is C12H14ClN3. The Balaban J connectivity index is 2.40. The summed E-state index contributed by atoms with van der Waals surface area (Å²) in [4.78, 5) is 0. The van der Waals surface area contributed by atoms with Gasteiger partial charge in [0.15, 0.2) is 0 Å². The maximum Gasteiger partial charge on any atom is 0.0712 e. The van der Waals surface area contributed by atoms with Crippen molar-refractivity contribution in [1.29, 1.82) is 0 Å². The summed E-state index contributed by atoms with van der Waals surface area (Å²) < 4.78 is 0. The van der Waals surface area contributed by atoms with E-state index in [-0.39, 0.29) is 5.92 Å². The zero-order valence-corrected chi connectivity index (χ0v) is 9.83. The minimum Gasteiger partial charge on any atom is -0.329 e. The maximum absolute atomic E-state index is 6.16. The molecule has 0 amide bonds. The van der Waals surface area contributed by atoms with Gasteiger partial charge in [-0.2, -0.15) is 5.10 Å². The number of hydrogen-bond donors (Lipinski definition) is 2. The molecule has 0 aliphatic rings. The first-order valence-corrected chi connectivity index (χ1v) is 5.56. The Labute approximate surface area is 99.6 Å². The van der Waals surface area contributed by atoms with Crippen LogP contribution in [-0.2, 0) is 0 Å². The highest BCUT2D eigenvalue weighted by Crippen LogP contribution is 2.28. The first-order chi connectivity index (χ1) is 7.72. The van der Waals surface area contributed by atoms with Crippen LogP contribution in [0, 0.1) is 6.92 Å². The molecule has 2 aromatic rings. The second kappa shape index (κ2) is 4.68. The van der Waals surface area contributed by atoms with Gasteiger partial charge in [0.2, 0.25) is 0 Å². The van der Waals surface area contributed by atoms with E-state index in [4.69, 9.17) is 17.3 Å². The van der Waals surface area contributed by atoms with Crippen LogP contribution in [0.5, 0.6) is 0 Å². The van der Waals surface area contributed by atoms with Crippen LogP contribution < -0.4 is 5.73 Å². The lowest BCUT2D eigenvalue weighted by atomic mass is 9.96. The van der Waals surface area contributed by atoms with Gasteiger partial charge in [0.1, 0.15) is 0 Å². The van der Waals surface area contributed by atoms with Gasteiger partial charge in [-0.15, -0.1) is 0 Å². The Morgan fingerprint density at radius 1 is 1.44 bits per heavy atom. The topological polar surface area (TPSA) is 54.7 Å². The summed E-state index contributed by atoms with van der Waals surface area (Å²) in [7, 11) is 0. The molecule has 1 aromatic heterocycles. The molecule has 1 atom stereocenters. The molecule has 84 valence electrons. The molecular weight excluding hydrogens is 222 g/mol. The van der Waals surface area contributed by atoms with Crippen molar-refractivity contribution in [2.45, 2.75) is 12.8 Å². The third-order valence-corrected chi connectivity index (χ3v) is 2.94. The van der Waals surface area contributed by atoms with Crippen molar-refractivity contribution in [2.75, 3.05) is 6.54 Å². The summed E-state index contributed by atoms with van der Waals surface area (Å²) in [5.41, 5.74) is 8.79. The van der Waals surface area contributed by atoms with Gasteiger partial charge in [-0.25, -0.2) is 0 Å². The largest absolute Gasteiger partial charge is 0.329 e. The third kappa shape index (κ3) is 2.10. The number of hydrogen-bond acceptors (Lipinski definition) is 2. The number of nitrogens with zero attached hydrogens (tertiary/aromatic N) is 1. The number of H-pyrrole nitrogens is 1. The van der Waals surface area contributed by atoms with Gasteiger partial charge in [-0.1, -0.05) is 29.8 Å². The van der Waals surface area contributed by atoms with Crippen molar-refractivity contribution >= 4 is 11.6 Å². The molecule has 3 nitrogen and oxygen atoms in total. The van der Waals surface area contributed by atoms with Gasteiger partial charge < -0.3 is 5.73 Å². The van der Waals surface area contributed by atoms with Crippen molar-refractivity contribution in [2.24, 2.45) is 5.73 Å². The summed E-state index contributed by atoms with van der Waals surface area (Å²) >= 11 is 6.16. The molecule has 2 rings (SSSR count). The zero-order valence-electron chi connectivity index (χ0n) is 9.07. The average molecular weight is 236 g/mol. The molecule has 0 saturated heterocycles. The van der Waals surface area contributed by atoms with E-state index >= 15 is 0 Å². The van der Waals surface area contributed by atoms with E-state index in [0.717, 1.165) is 22.0 Å². The van der Waals surface area contributed by atoms with Crippen molar-refractivity contribution in [3.05, 3.63) is 52.3 Å². The number of nitrogens with two attached hydrogens (primary N) is 1. The highest BCUT2D eigenvalue weighted by Gasteiger charge is 2.17. The van der Waals surface area contributed by atoms with Crippen LogP contribution in [0.1, 0.15) is 22.9 Å². The standard InChI is InChI=1S/C12H14ClN3/c1-8-6-12(16-15-8)10(7-14)9-4-2-3-5-11(9)13/h2-6,10H,7,14H2,1H3,(H,15,16). The molecule has 3 N–H and O–H groups in total. The van der Waals surface area contributed by atoms with Gasteiger partial charge in [0, 0.05) is 23.2 Å². The number of aromatic amines is 1. The van der Waals surface area contributed by atoms with Crippen molar-refractivity contribution < 1.29 is 0 Å². The van der Waals surface area contributed by atoms with Crippen LogP contribution >= 0.6 is 11.6 Å². The van der Waals surface area contributed by atoms with E-state index in [1.807, 2.05) is 37.3 Å². The van der Waals surface area contributed by atoms with Gasteiger partial charge in [-0.05, 0) is 24.6 Å². The highest BCUT2D eigenvalue weighted by molar-refractivity contribution is 6.31. The minimum atomic E-state index is 0.0543. The first-order valence-electron chi connectivity index (χ1n) is 5.18. The fraction of sp³-hybridized carbons (Fsp3) is 0.250. The number of aromatic nitrogens is 2. The van der Waals surface area contributed by atoms with Crippen LogP contribution in [0.15, 0.2) is 30.3 Å². The molecule has 0 spiro atoms. The molecule has 1 unspecified atom stereocenters. The van der Waals surface area contributed by atoms with Crippen LogP contribution in [0.2, 0.25) is 5.02 Å². The molecule has 0 fully saturated rings. The molecule has 0 aliphatic heterocycles. The van der Waals surface area contributed by atoms with Gasteiger partial charge in [-0.3, -0.25) is 5.10 Å². The van der Waals surface area contributed by atoms with E-state index in [9.17, 15) is 0 Å². The molecule has 0 aliphatic carbocycles. The van der Waals surface area contributed by atoms with E-state index in [0.29, 0.717) is 6.54 Å². The summed E-state index contributed by atoms with van der Waals surface area (Å²) in [6.07, 6.45) is 0. The van der Waals surface area contributed by atoms with Gasteiger partial charge >= 0.3 is 0 Å². The Morgan fingerprint density at radius 2 is 2.19 bits per heavy atom. The lowest BCUT2D eigenvalue weighted by molar-refractivity contribution is 0.779. The number of aryl methyl sites for hydroxylation is 1. The monoisotopic (exact) mass is 235 g/mol. The zero-order chi connectivity index (χ0) is 11.5. The predicted molar refractivity (Wildman–Crippen MR) is 65.7 cm³/mol. The molecule has 0 radical (unpaired) electrons. The summed E-state index contributed by atoms with van der Waals surface area (Å²) in [6.45, 7) is 2.46. The predicted octanol–water partition coefficient (Wildman–Crippen LogP) is 2.46. The van der Waals surface area contributed by atoms with Crippen molar-refractivity contribution in [3.8, 4) is 0 Å². The van der Waals surface area contributed by atoms with Crippen molar-refractivity contribution in [3.63, 3.8) is 0 Å². The van der Waals surface area contributed by atoms with E-state index in [1.54, 1.807) is 0 Å². The fourth-order valence-corrected chi connectivity index (χ4v) is 2.05. The number of halogens is 1. The summed E-state index contributed by atoms with van der Waals surface area (Å²) in [6, 6.07) is 9.74. The van der Waals surface area contributed by atoms with Crippen LogP contribution in [0.4, 0.5) is 0 Å². The van der Waals surface area contributed by atoms with Crippen LogP contribution in [0.25, 0.3) is 0 Å². The quantitative estimate of drug-likeness (QED) is 0.859. The van der Waals surface area contributed by atoms with Crippen LogP contribution in [-0.4, -0.2) is 16.7 Å². The fourth-order valence-electron chi connectivity index (χ4n) is 1.78. The lowest BCUT2D eigenvalue weighted by Gasteiger charge is -2.13. The number of nitrogens with one attached hydrogen (secondary N) is 1. The van der Waals surface area contributed by atoms with Crippen LogP contribution in [0.3, 0.4) is 0 Å². The first kappa shape index (κ1) is 11.2. The van der Waals surface area contributed by atoms with E-state index < -0.39 is 0 Å². The smallest absolute Gasteiger partial charge is 0.0712 e. The SMILES string of the molecule is Cc1cc(C(CN)c2ccccc2Cl)n[nH]1. The summed E-state index contributed by atoms with van der Waals surface area (Å²) in [5.74, 6) is 0.0543. The minimum absolute atomic E-state index is 0.0543. The van der Waals surface area contributed by atoms with Gasteiger partial charge in [0.05, 0.1) is 5.69 Å². The molecule has 0 saturated carbocycles. The molecule has 1 heterocycles. The molecule has 4 heteroatoms. The average Bonchev–Trinajstić information content (AvgIpc) is 2.69. The van der Waals surface area contributed by atoms with E-state index in [1.165, 1.54) is 0 Å². The second-order valence-corrected chi connectivity index (χ2v) is 4.19. The Bertz CT molecular complexity index is 479. The Kier molecular flexibility index (Phi) is 3.27. The summed E-state index contributed by atoms with van der Waals surface area (Å²) in [5, 5.41) is 7.90. The molecule has 16 heavy (non-hydrogen) atoms. The molecule has 0 bridgehead atoms. The third-order valence-electron chi connectivity index (χ3n) is 2.60. The van der Waals surface area contributed by atoms with Crippen molar-refractivity contribution in [1.82, 2.24) is 10.2 Å². The Hall–Kier alpha value is -1.32. The van der Waals surface area contributed by atoms with Gasteiger partial charge in [0.25, 0.3) is 0 Å². The number of benzene rings is 1. The molecule has 1 aromatic carbocycles. The Morgan fingerprint density at radius 3 is 2.75 bits per heavy atom. The lowest BCUT2D eigenvalue weighted by Crippen LogP contribution is -2.14. The maximum atomic E-state index is 6.16. The second-order valence-electron chi connectivity index (χ2n) is 3.79. The number of rotatable bonds is 3. The normalized spacial score (nSPS) is 12.7. The highest BCUT2D eigenvalue weighted by atomic mass is 35.5. The van der Waals surface area contributed by atoms with E-state index in [2.05, 4.69) is 10.2 Å².